The van der Waals surface area contributed by atoms with Crippen molar-refractivity contribution in [3.8, 4) is 0 Å². The second-order valence-electron chi connectivity index (χ2n) is 2.41. The third-order valence-electron chi connectivity index (χ3n) is 1.40. The van der Waals surface area contributed by atoms with Gasteiger partial charge in [-0.2, -0.15) is 0 Å². The monoisotopic (exact) mass is 144 g/mol. The highest BCUT2D eigenvalue weighted by molar-refractivity contribution is 5.45. The number of hydrogen-bond donors (Lipinski definition) is 2. The van der Waals surface area contributed by atoms with E-state index in [2.05, 4.69) is 12.2 Å². The number of carbonyl (C=O) groups is 1. The predicted octanol–water partition coefficient (Wildman–Crippen LogP) is 0.250. The van der Waals surface area contributed by atoms with E-state index in [0.29, 0.717) is 13.0 Å². The molecule has 0 rings (SSSR count). The van der Waals surface area contributed by atoms with Gasteiger partial charge in [-0.1, -0.05) is 13.3 Å². The van der Waals surface area contributed by atoms with Gasteiger partial charge >= 0.3 is 0 Å². The van der Waals surface area contributed by atoms with Gasteiger partial charge in [0.05, 0.1) is 0 Å². The fraction of sp³-hybridized carbons (Fsp3) is 0.857. The molecule has 0 aromatic heterocycles. The van der Waals surface area contributed by atoms with Gasteiger partial charge in [-0.25, -0.2) is 0 Å². The molecule has 0 saturated carbocycles. The normalized spacial score (nSPS) is 12.6. The minimum Gasteiger partial charge on any atom is -0.359 e. The molecule has 0 bridgehead atoms. The van der Waals surface area contributed by atoms with Crippen LogP contribution in [0.5, 0.6) is 0 Å². The standard InChI is InChI=1S/C7H16N2O/c1-2-3-7(8)4-5-9-6-10/h6-7H,2-5,8H2,1H3,(H,9,10). The molecule has 60 valence electrons. The zero-order valence-electron chi connectivity index (χ0n) is 6.47. The van der Waals surface area contributed by atoms with Crippen molar-refractivity contribution in [2.45, 2.75) is 32.2 Å². The van der Waals surface area contributed by atoms with Crippen LogP contribution in [0.2, 0.25) is 0 Å². The van der Waals surface area contributed by atoms with Gasteiger partial charge in [0.15, 0.2) is 0 Å². The lowest BCUT2D eigenvalue weighted by Crippen LogP contribution is -2.25. The number of hydrogen-bond acceptors (Lipinski definition) is 2. The molecule has 0 aliphatic carbocycles. The molecule has 0 aromatic rings. The van der Waals surface area contributed by atoms with Gasteiger partial charge < -0.3 is 11.1 Å². The van der Waals surface area contributed by atoms with E-state index >= 15 is 0 Å². The van der Waals surface area contributed by atoms with Gasteiger partial charge in [0, 0.05) is 12.6 Å². The highest BCUT2D eigenvalue weighted by Crippen LogP contribution is 1.95. The Balaban J connectivity index is 3.04. The summed E-state index contributed by atoms with van der Waals surface area (Å²) in [5.41, 5.74) is 5.67. The Morgan fingerprint density at radius 1 is 1.60 bits per heavy atom. The average Bonchev–Trinajstić information content (AvgIpc) is 1.89. The van der Waals surface area contributed by atoms with E-state index in [1.807, 2.05) is 0 Å². The Hall–Kier alpha value is -0.570. The van der Waals surface area contributed by atoms with Gasteiger partial charge in [0.2, 0.25) is 6.41 Å². The maximum atomic E-state index is 9.79. The molecule has 3 nitrogen and oxygen atoms in total. The van der Waals surface area contributed by atoms with E-state index in [9.17, 15) is 4.79 Å². The van der Waals surface area contributed by atoms with Crippen molar-refractivity contribution in [1.29, 1.82) is 0 Å². The summed E-state index contributed by atoms with van der Waals surface area (Å²) in [4.78, 5) is 9.79. The summed E-state index contributed by atoms with van der Waals surface area (Å²) in [6.45, 7) is 2.80. The Morgan fingerprint density at radius 2 is 2.30 bits per heavy atom. The Labute approximate surface area is 62.0 Å². The molecule has 0 fully saturated rings. The van der Waals surface area contributed by atoms with Crippen LogP contribution in [0.1, 0.15) is 26.2 Å². The van der Waals surface area contributed by atoms with Gasteiger partial charge in [-0.15, -0.1) is 0 Å². The van der Waals surface area contributed by atoms with Crippen LogP contribution in [0.15, 0.2) is 0 Å². The van der Waals surface area contributed by atoms with Crippen LogP contribution in [0, 0.1) is 0 Å². The maximum absolute atomic E-state index is 9.79. The average molecular weight is 144 g/mol. The van der Waals surface area contributed by atoms with Gasteiger partial charge in [0.25, 0.3) is 0 Å². The third-order valence-corrected chi connectivity index (χ3v) is 1.40. The van der Waals surface area contributed by atoms with Gasteiger partial charge in [-0.05, 0) is 12.8 Å². The number of nitrogens with two attached hydrogens (primary N) is 1. The molecule has 0 aliphatic rings. The fourth-order valence-corrected chi connectivity index (χ4v) is 0.843. The Bertz CT molecular complexity index is 85.7. The van der Waals surface area contributed by atoms with Gasteiger partial charge in [0.1, 0.15) is 0 Å². The van der Waals surface area contributed by atoms with Crippen LogP contribution < -0.4 is 11.1 Å². The molecule has 10 heavy (non-hydrogen) atoms. The first-order valence-corrected chi connectivity index (χ1v) is 3.73. The quantitative estimate of drug-likeness (QED) is 0.415. The molecular formula is C7H16N2O. The van der Waals surface area contributed by atoms with E-state index in [1.54, 1.807) is 0 Å². The smallest absolute Gasteiger partial charge is 0.207 e. The molecule has 3 N–H and O–H groups in total. The molecule has 0 saturated heterocycles. The lowest BCUT2D eigenvalue weighted by atomic mass is 10.1. The second kappa shape index (κ2) is 6.55. The highest BCUT2D eigenvalue weighted by atomic mass is 16.1. The van der Waals surface area contributed by atoms with Crippen LogP contribution in [0.25, 0.3) is 0 Å². The summed E-state index contributed by atoms with van der Waals surface area (Å²) in [7, 11) is 0. The summed E-state index contributed by atoms with van der Waals surface area (Å²) in [5.74, 6) is 0. The lowest BCUT2D eigenvalue weighted by Gasteiger charge is -2.08. The van der Waals surface area contributed by atoms with Gasteiger partial charge in [-0.3, -0.25) is 4.79 Å². The van der Waals surface area contributed by atoms with E-state index in [0.717, 1.165) is 19.3 Å². The van der Waals surface area contributed by atoms with Crippen LogP contribution in [0.3, 0.4) is 0 Å². The van der Waals surface area contributed by atoms with Crippen LogP contribution in [-0.2, 0) is 4.79 Å². The van der Waals surface area contributed by atoms with E-state index in [-0.39, 0.29) is 6.04 Å². The predicted molar refractivity (Wildman–Crippen MR) is 41.6 cm³/mol. The SMILES string of the molecule is CCCC(N)CCNC=O. The zero-order chi connectivity index (χ0) is 7.82. The van der Waals surface area contributed by atoms with Crippen molar-refractivity contribution in [1.82, 2.24) is 5.32 Å². The number of rotatable bonds is 6. The number of nitrogens with one attached hydrogen (secondary N) is 1. The van der Waals surface area contributed by atoms with Crippen LogP contribution in [0.4, 0.5) is 0 Å². The third kappa shape index (κ3) is 5.56. The summed E-state index contributed by atoms with van der Waals surface area (Å²) in [5, 5.41) is 2.58. The number of carbonyl (C=O) groups excluding carboxylic acids is 1. The maximum Gasteiger partial charge on any atom is 0.207 e. The van der Waals surface area contributed by atoms with Crippen molar-refractivity contribution < 1.29 is 4.79 Å². The topological polar surface area (TPSA) is 55.1 Å². The van der Waals surface area contributed by atoms with E-state index in [4.69, 9.17) is 5.73 Å². The lowest BCUT2D eigenvalue weighted by molar-refractivity contribution is -0.109. The summed E-state index contributed by atoms with van der Waals surface area (Å²) in [6, 6.07) is 0.248. The molecule has 0 heterocycles. The Morgan fingerprint density at radius 3 is 2.80 bits per heavy atom. The molecule has 0 aromatic carbocycles. The van der Waals surface area contributed by atoms with E-state index < -0.39 is 0 Å². The first kappa shape index (κ1) is 9.43. The number of amides is 1. The first-order chi connectivity index (χ1) is 4.81. The van der Waals surface area contributed by atoms with E-state index in [1.165, 1.54) is 0 Å². The molecule has 1 amide bonds. The van der Waals surface area contributed by atoms with Crippen molar-refractivity contribution >= 4 is 6.41 Å². The Kier molecular flexibility index (Phi) is 6.18. The molecule has 0 aliphatic heterocycles. The highest BCUT2D eigenvalue weighted by Gasteiger charge is 1.98. The minimum atomic E-state index is 0.248. The first-order valence-electron chi connectivity index (χ1n) is 3.73. The molecule has 0 radical (unpaired) electrons. The summed E-state index contributed by atoms with van der Waals surface area (Å²) < 4.78 is 0. The van der Waals surface area contributed by atoms with Crippen LogP contribution in [-0.4, -0.2) is 19.0 Å². The summed E-state index contributed by atoms with van der Waals surface area (Å²) >= 11 is 0. The summed E-state index contributed by atoms with van der Waals surface area (Å²) in [6.07, 6.45) is 3.74. The van der Waals surface area contributed by atoms with Crippen molar-refractivity contribution in [3.05, 3.63) is 0 Å². The largest absolute Gasteiger partial charge is 0.359 e. The van der Waals surface area contributed by atoms with Crippen molar-refractivity contribution in [2.24, 2.45) is 5.73 Å². The fourth-order valence-electron chi connectivity index (χ4n) is 0.843. The zero-order valence-corrected chi connectivity index (χ0v) is 6.47. The van der Waals surface area contributed by atoms with Crippen LogP contribution >= 0.6 is 0 Å². The van der Waals surface area contributed by atoms with Crippen molar-refractivity contribution in [3.63, 3.8) is 0 Å². The molecule has 3 heteroatoms. The molecule has 1 atom stereocenters. The minimum absolute atomic E-state index is 0.248. The molecule has 1 unspecified atom stereocenters. The molecule has 0 spiro atoms. The molecular weight excluding hydrogens is 128 g/mol. The second-order valence-corrected chi connectivity index (χ2v) is 2.41. The van der Waals surface area contributed by atoms with Crippen molar-refractivity contribution in [2.75, 3.05) is 6.54 Å².